The summed E-state index contributed by atoms with van der Waals surface area (Å²) in [7, 11) is 0. The van der Waals surface area contributed by atoms with Crippen molar-refractivity contribution in [2.24, 2.45) is 21.7 Å². The summed E-state index contributed by atoms with van der Waals surface area (Å²) in [6, 6.07) is 0. The molecular formula is C19H34O. The lowest BCUT2D eigenvalue weighted by Crippen LogP contribution is -2.36. The lowest BCUT2D eigenvalue weighted by molar-refractivity contribution is -0.126. The van der Waals surface area contributed by atoms with Gasteiger partial charge < -0.3 is 0 Å². The van der Waals surface area contributed by atoms with Crippen molar-refractivity contribution >= 4 is 5.78 Å². The fraction of sp³-hybridized carbons (Fsp3) is 0.947. The smallest absolute Gasteiger partial charge is 0.134 e. The van der Waals surface area contributed by atoms with E-state index in [-0.39, 0.29) is 10.8 Å². The second kappa shape index (κ2) is 4.85. The molecule has 0 spiro atoms. The molecule has 0 radical (unpaired) electrons. The predicted octanol–water partition coefficient (Wildman–Crippen LogP) is 5.77. The van der Waals surface area contributed by atoms with Gasteiger partial charge in [-0.3, -0.25) is 4.79 Å². The molecule has 0 aromatic heterocycles. The molecule has 2 atom stereocenters. The minimum absolute atomic E-state index is 0.225. The number of hydrogen-bond donors (Lipinski definition) is 0. The molecule has 0 aromatic carbocycles. The van der Waals surface area contributed by atoms with Crippen LogP contribution in [0.4, 0.5) is 0 Å². The second-order valence-electron chi connectivity index (χ2n) is 9.49. The van der Waals surface area contributed by atoms with Crippen LogP contribution in [0.1, 0.15) is 92.9 Å². The first-order chi connectivity index (χ1) is 9.02. The summed E-state index contributed by atoms with van der Waals surface area (Å²) >= 11 is 0. The molecule has 0 saturated heterocycles. The van der Waals surface area contributed by atoms with Gasteiger partial charge in [0.25, 0.3) is 0 Å². The summed E-state index contributed by atoms with van der Waals surface area (Å²) in [5.41, 5.74) is 1.11. The number of carbonyl (C=O) groups excluding carboxylic acids is 1. The lowest BCUT2D eigenvalue weighted by atomic mass is 9.63. The van der Waals surface area contributed by atoms with Crippen molar-refractivity contribution in [1.82, 2.24) is 0 Å². The normalized spacial score (nSPS) is 39.1. The summed E-state index contributed by atoms with van der Waals surface area (Å²) in [5, 5.41) is 0. The summed E-state index contributed by atoms with van der Waals surface area (Å²) in [5.74, 6) is 0.514. The highest BCUT2D eigenvalue weighted by molar-refractivity contribution is 5.80. The van der Waals surface area contributed by atoms with Gasteiger partial charge >= 0.3 is 0 Å². The zero-order valence-electron chi connectivity index (χ0n) is 14.6. The van der Waals surface area contributed by atoms with Crippen LogP contribution in [-0.4, -0.2) is 5.78 Å². The highest BCUT2D eigenvalue weighted by Gasteiger charge is 2.49. The third-order valence-corrected chi connectivity index (χ3v) is 7.50. The molecule has 2 fully saturated rings. The highest BCUT2D eigenvalue weighted by Crippen LogP contribution is 2.57. The number of Topliss-reactive ketones (excluding diaryl/α,β-unsaturated/α-hetero) is 1. The average molecular weight is 278 g/mol. The molecule has 2 saturated carbocycles. The van der Waals surface area contributed by atoms with Gasteiger partial charge in [0.05, 0.1) is 0 Å². The van der Waals surface area contributed by atoms with E-state index in [0.29, 0.717) is 16.6 Å². The Hall–Kier alpha value is -0.330. The quantitative estimate of drug-likeness (QED) is 0.638. The number of hydrogen-bond acceptors (Lipinski definition) is 1. The van der Waals surface area contributed by atoms with E-state index in [1.54, 1.807) is 0 Å². The Labute approximate surface area is 125 Å². The summed E-state index contributed by atoms with van der Waals surface area (Å²) < 4.78 is 0. The molecule has 0 amide bonds. The third kappa shape index (κ3) is 2.57. The largest absolute Gasteiger partial charge is 0.300 e. The van der Waals surface area contributed by atoms with Gasteiger partial charge in [0.15, 0.2) is 0 Å². The molecule has 0 heterocycles. The Kier molecular flexibility index (Phi) is 3.89. The molecule has 1 heteroatoms. The van der Waals surface area contributed by atoms with Crippen molar-refractivity contribution in [1.29, 1.82) is 0 Å². The molecule has 0 unspecified atom stereocenters. The molecule has 2 aliphatic rings. The van der Waals surface area contributed by atoms with Crippen molar-refractivity contribution in [2.75, 3.05) is 0 Å². The van der Waals surface area contributed by atoms with Crippen LogP contribution >= 0.6 is 0 Å². The second-order valence-corrected chi connectivity index (χ2v) is 9.49. The Balaban J connectivity index is 2.03. The third-order valence-electron chi connectivity index (χ3n) is 7.50. The Bertz CT molecular complexity index is 357. The van der Waals surface area contributed by atoms with Crippen molar-refractivity contribution in [3.8, 4) is 0 Å². The SMILES string of the molecule is CC1(C)CCC[C@@]1(C)CC(=O)C[C@]1(C)CCCC1(C)C. The van der Waals surface area contributed by atoms with Crippen LogP contribution in [-0.2, 0) is 4.79 Å². The van der Waals surface area contributed by atoms with E-state index in [4.69, 9.17) is 0 Å². The van der Waals surface area contributed by atoms with Crippen molar-refractivity contribution in [3.05, 3.63) is 0 Å². The van der Waals surface area contributed by atoms with Gasteiger partial charge in [-0.1, -0.05) is 54.4 Å². The number of ketones is 1. The molecule has 2 rings (SSSR count). The van der Waals surface area contributed by atoms with Crippen LogP contribution in [0.25, 0.3) is 0 Å². The first-order valence-electron chi connectivity index (χ1n) is 8.53. The van der Waals surface area contributed by atoms with E-state index in [9.17, 15) is 4.79 Å². The van der Waals surface area contributed by atoms with Gasteiger partial charge in [-0.05, 0) is 47.3 Å². The standard InChI is InChI=1S/C19H34O/c1-16(2)9-7-11-18(16,5)13-15(20)14-19(6)12-8-10-17(19,3)4/h7-14H2,1-6H3/t18-,19-/m0/s1. The fourth-order valence-electron chi connectivity index (χ4n) is 4.71. The van der Waals surface area contributed by atoms with Crippen LogP contribution < -0.4 is 0 Å². The molecule has 0 bridgehead atoms. The topological polar surface area (TPSA) is 17.1 Å². The van der Waals surface area contributed by atoms with Gasteiger partial charge in [-0.2, -0.15) is 0 Å². The molecular weight excluding hydrogens is 244 g/mol. The van der Waals surface area contributed by atoms with Crippen molar-refractivity contribution in [3.63, 3.8) is 0 Å². The maximum atomic E-state index is 12.7. The zero-order valence-corrected chi connectivity index (χ0v) is 14.6. The van der Waals surface area contributed by atoms with E-state index in [1.165, 1.54) is 38.5 Å². The zero-order chi connectivity index (χ0) is 15.2. The highest BCUT2D eigenvalue weighted by atomic mass is 16.1. The summed E-state index contributed by atoms with van der Waals surface area (Å²) in [6.45, 7) is 14.1. The van der Waals surface area contributed by atoms with E-state index in [1.807, 2.05) is 0 Å². The first kappa shape index (κ1) is 16.0. The van der Waals surface area contributed by atoms with Crippen molar-refractivity contribution in [2.45, 2.75) is 92.9 Å². The predicted molar refractivity (Wildman–Crippen MR) is 85.7 cm³/mol. The summed E-state index contributed by atoms with van der Waals surface area (Å²) in [6.07, 6.45) is 9.19. The summed E-state index contributed by atoms with van der Waals surface area (Å²) in [4.78, 5) is 12.7. The van der Waals surface area contributed by atoms with Crippen LogP contribution in [0.15, 0.2) is 0 Å². The maximum absolute atomic E-state index is 12.7. The Morgan fingerprint density at radius 3 is 1.30 bits per heavy atom. The Morgan fingerprint density at radius 1 is 0.700 bits per heavy atom. The first-order valence-corrected chi connectivity index (χ1v) is 8.53. The Morgan fingerprint density at radius 2 is 1.05 bits per heavy atom. The van der Waals surface area contributed by atoms with E-state index in [2.05, 4.69) is 41.5 Å². The van der Waals surface area contributed by atoms with E-state index < -0.39 is 0 Å². The molecule has 1 nitrogen and oxygen atoms in total. The van der Waals surface area contributed by atoms with Gasteiger partial charge in [-0.25, -0.2) is 0 Å². The van der Waals surface area contributed by atoms with Crippen LogP contribution in [0.3, 0.4) is 0 Å². The lowest BCUT2D eigenvalue weighted by Gasteiger charge is -2.41. The minimum Gasteiger partial charge on any atom is -0.300 e. The average Bonchev–Trinajstić information content (AvgIpc) is 2.65. The maximum Gasteiger partial charge on any atom is 0.134 e. The molecule has 0 N–H and O–H groups in total. The van der Waals surface area contributed by atoms with Gasteiger partial charge in [0, 0.05) is 12.8 Å². The van der Waals surface area contributed by atoms with Crippen LogP contribution in [0, 0.1) is 21.7 Å². The number of carbonyl (C=O) groups is 1. The fourth-order valence-corrected chi connectivity index (χ4v) is 4.71. The number of rotatable bonds is 4. The molecule has 20 heavy (non-hydrogen) atoms. The van der Waals surface area contributed by atoms with Crippen LogP contribution in [0.2, 0.25) is 0 Å². The van der Waals surface area contributed by atoms with Crippen LogP contribution in [0.5, 0.6) is 0 Å². The minimum atomic E-state index is 0.225. The molecule has 0 aromatic rings. The van der Waals surface area contributed by atoms with Gasteiger partial charge in [-0.15, -0.1) is 0 Å². The molecule has 0 aliphatic heterocycles. The van der Waals surface area contributed by atoms with Gasteiger partial charge in [0.1, 0.15) is 5.78 Å². The van der Waals surface area contributed by atoms with Gasteiger partial charge in [0.2, 0.25) is 0 Å². The molecule has 116 valence electrons. The molecule has 2 aliphatic carbocycles. The van der Waals surface area contributed by atoms with Crippen molar-refractivity contribution < 1.29 is 4.79 Å². The monoisotopic (exact) mass is 278 g/mol. The van der Waals surface area contributed by atoms with E-state index >= 15 is 0 Å². The van der Waals surface area contributed by atoms with E-state index in [0.717, 1.165) is 12.8 Å².